The molecule has 3 fully saturated rings. The molecule has 2 aromatic rings. The van der Waals surface area contributed by atoms with Gasteiger partial charge in [0.05, 0.1) is 33.4 Å². The molecule has 1 saturated carbocycles. The minimum absolute atomic E-state index is 0.173. The van der Waals surface area contributed by atoms with Gasteiger partial charge >= 0.3 is 5.97 Å². The highest BCUT2D eigenvalue weighted by atomic mass is 19.1. The zero-order chi connectivity index (χ0) is 23.4. The number of esters is 1. The molecule has 2 aliphatic heterocycles. The Morgan fingerprint density at radius 1 is 0.970 bits per heavy atom. The molecule has 1 aliphatic carbocycles. The highest BCUT2D eigenvalue weighted by molar-refractivity contribution is 5.85. The van der Waals surface area contributed by atoms with Gasteiger partial charge in [0.1, 0.15) is 23.8 Å². The van der Waals surface area contributed by atoms with Crippen LogP contribution in [0.1, 0.15) is 30.4 Å². The summed E-state index contributed by atoms with van der Waals surface area (Å²) in [7, 11) is 4.45. The van der Waals surface area contributed by atoms with Crippen molar-refractivity contribution in [1.29, 1.82) is 0 Å². The highest BCUT2D eigenvalue weighted by Gasteiger charge is 2.57. The van der Waals surface area contributed by atoms with Gasteiger partial charge in [-0.05, 0) is 47.7 Å². The zero-order valence-corrected chi connectivity index (χ0v) is 18.9. The van der Waals surface area contributed by atoms with Gasteiger partial charge in [0, 0.05) is 18.8 Å². The molecule has 2 aromatic carbocycles. The number of halogens is 2. The molecule has 0 spiro atoms. The van der Waals surface area contributed by atoms with Crippen molar-refractivity contribution in [2.75, 3.05) is 27.3 Å². The first-order chi connectivity index (χ1) is 15.7. The molecular formula is C26H30F2NO4+. The fourth-order valence-electron chi connectivity index (χ4n) is 5.82. The smallest absolute Gasteiger partial charge is 0.347 e. The molecule has 7 heteroatoms. The number of piperidine rings is 1. The number of quaternary nitrogens is 1. The van der Waals surface area contributed by atoms with Gasteiger partial charge in [-0.2, -0.15) is 0 Å². The molecule has 0 radical (unpaired) electrons. The number of nitrogens with zero attached hydrogens (tertiary/aromatic N) is 1. The van der Waals surface area contributed by atoms with Gasteiger partial charge in [0.2, 0.25) is 5.60 Å². The van der Waals surface area contributed by atoms with Gasteiger partial charge in [-0.25, -0.2) is 13.6 Å². The summed E-state index contributed by atoms with van der Waals surface area (Å²) in [5, 5.41) is 11.7. The van der Waals surface area contributed by atoms with Gasteiger partial charge in [0.25, 0.3) is 0 Å². The van der Waals surface area contributed by atoms with Crippen LogP contribution in [-0.4, -0.2) is 61.1 Å². The second-order valence-electron chi connectivity index (χ2n) is 10.3. The summed E-state index contributed by atoms with van der Waals surface area (Å²) in [4.78, 5) is 13.5. The molecule has 2 saturated heterocycles. The van der Waals surface area contributed by atoms with E-state index in [2.05, 4.69) is 14.1 Å². The van der Waals surface area contributed by atoms with Crippen LogP contribution < -0.4 is 0 Å². The molecule has 33 heavy (non-hydrogen) atoms. The summed E-state index contributed by atoms with van der Waals surface area (Å²) >= 11 is 0. The second kappa shape index (κ2) is 8.15. The Morgan fingerprint density at radius 3 is 2.12 bits per heavy atom. The second-order valence-corrected chi connectivity index (χ2v) is 10.3. The van der Waals surface area contributed by atoms with Gasteiger partial charge < -0.3 is 19.1 Å². The van der Waals surface area contributed by atoms with E-state index in [1.165, 1.54) is 48.5 Å². The van der Waals surface area contributed by atoms with Crippen molar-refractivity contribution < 1.29 is 32.6 Å². The summed E-state index contributed by atoms with van der Waals surface area (Å²) in [5.74, 6) is -0.684. The van der Waals surface area contributed by atoms with Crippen LogP contribution in [0.5, 0.6) is 0 Å². The van der Waals surface area contributed by atoms with E-state index in [0.29, 0.717) is 30.9 Å². The average molecular weight is 459 g/mol. The number of hydrogen-bond donors (Lipinski definition) is 1. The highest BCUT2D eigenvalue weighted by Crippen LogP contribution is 2.50. The third-order valence-electron chi connectivity index (χ3n) is 8.04. The maximum Gasteiger partial charge on any atom is 0.347 e. The monoisotopic (exact) mass is 458 g/mol. The molecule has 4 unspecified atom stereocenters. The van der Waals surface area contributed by atoms with Crippen LogP contribution in [0.2, 0.25) is 0 Å². The molecular weight excluding hydrogens is 428 g/mol. The van der Waals surface area contributed by atoms with E-state index >= 15 is 0 Å². The van der Waals surface area contributed by atoms with E-state index in [-0.39, 0.29) is 23.3 Å². The number of ether oxygens (including phenoxy) is 2. The Bertz CT molecular complexity index is 978. The van der Waals surface area contributed by atoms with Crippen molar-refractivity contribution in [3.63, 3.8) is 0 Å². The first-order valence-electron chi connectivity index (χ1n) is 11.6. The largest absolute Gasteiger partial charge is 0.459 e. The standard InChI is InChI=1S/C26H30F2NO4/c1-29(2)21-12-22(13-24(29)23-11-16(23)14-32-15-21)33-25(30)26(31,17-3-7-19(27)8-4-17)18-5-9-20(28)10-6-18/h3-10,16,21-24,31H,11-15H2,1-2H3/q+1/t16?,21?,22-,23?,24?/m1/s1. The maximum atomic E-state index is 13.6. The van der Waals surface area contributed by atoms with Crippen LogP contribution >= 0.6 is 0 Å². The lowest BCUT2D eigenvalue weighted by molar-refractivity contribution is -0.948. The van der Waals surface area contributed by atoms with Crippen molar-refractivity contribution in [1.82, 2.24) is 0 Å². The Labute approximate surface area is 192 Å². The number of likely N-dealkylation sites (N-methyl/N-ethyl adjacent to an activating group) is 1. The molecule has 2 heterocycles. The third-order valence-corrected chi connectivity index (χ3v) is 8.04. The van der Waals surface area contributed by atoms with E-state index < -0.39 is 23.2 Å². The number of carbonyl (C=O) groups is 1. The number of aliphatic hydroxyl groups is 1. The molecule has 5 atom stereocenters. The first kappa shape index (κ1) is 22.4. The van der Waals surface area contributed by atoms with Crippen molar-refractivity contribution in [2.45, 2.75) is 43.1 Å². The van der Waals surface area contributed by atoms with Gasteiger partial charge in [-0.3, -0.25) is 0 Å². The van der Waals surface area contributed by atoms with Crippen molar-refractivity contribution in [2.24, 2.45) is 11.8 Å². The summed E-state index contributed by atoms with van der Waals surface area (Å²) in [5.41, 5.74) is -1.83. The SMILES string of the molecule is C[N+]1(C)C2COCC3CC3C1C[C@H](OC(=O)C(O)(c1ccc(F)cc1)c1ccc(F)cc1)C2. The Kier molecular flexibility index (Phi) is 5.54. The first-order valence-corrected chi connectivity index (χ1v) is 11.6. The normalized spacial score (nSPS) is 30.5. The summed E-state index contributed by atoms with van der Waals surface area (Å²) < 4.78 is 39.9. The average Bonchev–Trinajstić information content (AvgIpc) is 3.55. The minimum Gasteiger partial charge on any atom is -0.459 e. The molecule has 1 N–H and O–H groups in total. The topological polar surface area (TPSA) is 55.8 Å². The van der Waals surface area contributed by atoms with Crippen molar-refractivity contribution in [3.8, 4) is 0 Å². The van der Waals surface area contributed by atoms with E-state index in [1.807, 2.05) is 0 Å². The number of rotatable bonds is 4. The van der Waals surface area contributed by atoms with Crippen molar-refractivity contribution >= 4 is 5.97 Å². The molecule has 5 nitrogen and oxygen atoms in total. The van der Waals surface area contributed by atoms with Crippen LogP contribution in [0.25, 0.3) is 0 Å². The lowest BCUT2D eigenvalue weighted by Crippen LogP contribution is -2.64. The minimum atomic E-state index is -2.18. The number of hydrogen-bond acceptors (Lipinski definition) is 4. The number of fused-ring (bicyclic) bond motifs is 4. The van der Waals surface area contributed by atoms with Crippen LogP contribution in [0.3, 0.4) is 0 Å². The predicted molar refractivity (Wildman–Crippen MR) is 117 cm³/mol. The Hall–Kier alpha value is -2.35. The van der Waals surface area contributed by atoms with E-state index in [0.717, 1.165) is 23.9 Å². The Morgan fingerprint density at radius 2 is 1.55 bits per heavy atom. The maximum absolute atomic E-state index is 13.6. The van der Waals surface area contributed by atoms with E-state index in [4.69, 9.17) is 9.47 Å². The lowest BCUT2D eigenvalue weighted by atomic mass is 9.85. The molecule has 3 aliphatic rings. The number of benzene rings is 2. The molecule has 5 rings (SSSR count). The lowest BCUT2D eigenvalue weighted by Gasteiger charge is -2.51. The zero-order valence-electron chi connectivity index (χ0n) is 18.9. The van der Waals surface area contributed by atoms with Gasteiger partial charge in [0.15, 0.2) is 0 Å². The fourth-order valence-corrected chi connectivity index (χ4v) is 5.82. The number of carbonyl (C=O) groups excluding carboxylic acids is 1. The summed E-state index contributed by atoms with van der Waals surface area (Å²) in [6.45, 7) is 1.41. The molecule has 0 amide bonds. The third kappa shape index (κ3) is 3.96. The summed E-state index contributed by atoms with van der Waals surface area (Å²) in [6.07, 6.45) is 2.12. The van der Waals surface area contributed by atoms with E-state index in [9.17, 15) is 18.7 Å². The van der Waals surface area contributed by atoms with Gasteiger partial charge in [-0.1, -0.05) is 24.3 Å². The predicted octanol–water partition coefficient (Wildman–Crippen LogP) is 3.39. The summed E-state index contributed by atoms with van der Waals surface area (Å²) in [6, 6.07) is 10.7. The molecule has 176 valence electrons. The quantitative estimate of drug-likeness (QED) is 0.564. The van der Waals surface area contributed by atoms with E-state index in [1.54, 1.807) is 0 Å². The van der Waals surface area contributed by atoms with Crippen LogP contribution in [-0.2, 0) is 19.9 Å². The van der Waals surface area contributed by atoms with Crippen LogP contribution in [0, 0.1) is 23.5 Å². The molecule has 2 bridgehead atoms. The Balaban J connectivity index is 1.44. The van der Waals surface area contributed by atoms with Crippen LogP contribution in [0.15, 0.2) is 48.5 Å². The fraction of sp³-hybridized carbons (Fsp3) is 0.500. The van der Waals surface area contributed by atoms with Crippen LogP contribution in [0.4, 0.5) is 8.78 Å². The van der Waals surface area contributed by atoms with Crippen molar-refractivity contribution in [3.05, 3.63) is 71.3 Å². The van der Waals surface area contributed by atoms with Gasteiger partial charge in [-0.15, -0.1) is 0 Å². The molecule has 0 aromatic heterocycles.